The molecule has 0 unspecified atom stereocenters. The molecule has 7 heteroatoms. The Balaban J connectivity index is 0.00000379. The first-order chi connectivity index (χ1) is 14.0. The lowest BCUT2D eigenvalue weighted by Crippen LogP contribution is -2.13. The molecular weight excluding hydrogens is 374 g/mol. The third kappa shape index (κ3) is 13.7. The molecule has 0 saturated carbocycles. The van der Waals surface area contributed by atoms with Crippen molar-refractivity contribution in [1.29, 1.82) is 5.26 Å². The molecule has 0 aliphatic carbocycles. The van der Waals surface area contributed by atoms with Crippen molar-refractivity contribution in [2.45, 2.75) is 27.2 Å². The van der Waals surface area contributed by atoms with Gasteiger partial charge in [-0.05, 0) is 30.7 Å². The van der Waals surface area contributed by atoms with Crippen molar-refractivity contribution in [2.24, 2.45) is 0 Å². The molecule has 29 heavy (non-hydrogen) atoms. The van der Waals surface area contributed by atoms with Gasteiger partial charge in [-0.1, -0.05) is 32.6 Å². The average molecular weight is 403 g/mol. The summed E-state index contributed by atoms with van der Waals surface area (Å²) in [5.74, 6) is -0.253. The number of ether oxygens (including phenoxy) is 4. The van der Waals surface area contributed by atoms with Gasteiger partial charge in [0.05, 0.1) is 25.7 Å². The number of esters is 2. The van der Waals surface area contributed by atoms with Crippen LogP contribution in [0, 0.1) is 11.3 Å². The third-order valence-corrected chi connectivity index (χ3v) is 3.06. The van der Waals surface area contributed by atoms with Gasteiger partial charge in [-0.15, -0.1) is 0 Å². The number of carbonyl (C=O) groups is 2. The zero-order chi connectivity index (χ0) is 21.9. The maximum Gasteiger partial charge on any atom is 0.333 e. The molecule has 0 aromatic heterocycles. The van der Waals surface area contributed by atoms with Gasteiger partial charge in [-0.3, -0.25) is 0 Å². The van der Waals surface area contributed by atoms with E-state index < -0.39 is 11.9 Å². The fourth-order valence-electron chi connectivity index (χ4n) is 1.72. The highest BCUT2D eigenvalue weighted by Gasteiger charge is 2.02. The van der Waals surface area contributed by atoms with E-state index in [0.29, 0.717) is 24.5 Å². The van der Waals surface area contributed by atoms with Gasteiger partial charge in [0, 0.05) is 11.6 Å². The van der Waals surface area contributed by atoms with Gasteiger partial charge < -0.3 is 18.9 Å². The number of carbonyl (C=O) groups excluding carboxylic acids is 2. The van der Waals surface area contributed by atoms with E-state index in [0.717, 1.165) is 5.56 Å². The van der Waals surface area contributed by atoms with E-state index in [2.05, 4.69) is 6.58 Å². The molecule has 0 radical (unpaired) electrons. The Morgan fingerprint density at radius 3 is 2.31 bits per heavy atom. The van der Waals surface area contributed by atoms with Gasteiger partial charge in [-0.2, -0.15) is 5.26 Å². The Bertz CT molecular complexity index is 688. The van der Waals surface area contributed by atoms with Crippen molar-refractivity contribution >= 4 is 18.0 Å². The first-order valence-electron chi connectivity index (χ1n) is 9.38. The summed E-state index contributed by atoms with van der Waals surface area (Å²) in [6.07, 6.45) is 3.10. The summed E-state index contributed by atoms with van der Waals surface area (Å²) in [5, 5.41) is 8.37. The molecule has 0 heterocycles. The molecular formula is C22H29NO6. The summed E-state index contributed by atoms with van der Waals surface area (Å²) in [5.41, 5.74) is 1.17. The van der Waals surface area contributed by atoms with Gasteiger partial charge in [0.2, 0.25) is 0 Å². The van der Waals surface area contributed by atoms with Crippen LogP contribution in [0.4, 0.5) is 0 Å². The minimum absolute atomic E-state index is 0.0881. The molecule has 0 saturated heterocycles. The van der Waals surface area contributed by atoms with E-state index in [1.165, 1.54) is 6.08 Å². The van der Waals surface area contributed by atoms with Crippen LogP contribution in [0.25, 0.3) is 6.08 Å². The first kappa shape index (κ1) is 25.9. The monoisotopic (exact) mass is 403 g/mol. The Morgan fingerprint density at radius 2 is 1.69 bits per heavy atom. The summed E-state index contributed by atoms with van der Waals surface area (Å²) in [6.45, 7) is 10.3. The van der Waals surface area contributed by atoms with Crippen LogP contribution in [0.5, 0.6) is 5.75 Å². The Labute approximate surface area is 172 Å². The molecule has 158 valence electrons. The average Bonchev–Trinajstić information content (AvgIpc) is 2.73. The molecule has 7 nitrogen and oxygen atoms in total. The lowest BCUT2D eigenvalue weighted by atomic mass is 10.2. The fraction of sp³-hybridized carbons (Fsp3) is 0.409. The number of hydrogen-bond acceptors (Lipinski definition) is 7. The molecule has 0 spiro atoms. The molecule has 0 N–H and O–H groups in total. The van der Waals surface area contributed by atoms with Crippen LogP contribution in [0.2, 0.25) is 0 Å². The molecule has 1 aromatic carbocycles. The van der Waals surface area contributed by atoms with E-state index in [-0.39, 0.29) is 26.2 Å². The SMILES string of the molecule is C=C(C)C(=O)OCCOCCOc1ccc(/C=C/C(=O)OCCC#N)cc1.CC. The zero-order valence-electron chi connectivity index (χ0n) is 17.3. The number of nitriles is 1. The normalized spacial score (nSPS) is 9.72. The van der Waals surface area contributed by atoms with Crippen molar-refractivity contribution < 1.29 is 28.5 Å². The lowest BCUT2D eigenvalue weighted by Gasteiger charge is -2.08. The molecule has 0 atom stereocenters. The first-order valence-corrected chi connectivity index (χ1v) is 9.38. The van der Waals surface area contributed by atoms with E-state index in [1.54, 1.807) is 37.3 Å². The Kier molecular flexibility index (Phi) is 15.2. The maximum atomic E-state index is 11.4. The van der Waals surface area contributed by atoms with Crippen LogP contribution in [-0.4, -0.2) is 45.0 Å². The molecule has 0 bridgehead atoms. The standard InChI is InChI=1S/C20H23NO6.C2H6/c1-16(2)20(23)27-15-13-24-12-14-25-18-7-4-17(5-8-18)6-9-19(22)26-11-3-10-21;1-2/h4-9H,1,3,11-15H2,2H3;1-2H3/b9-6+;. The molecule has 0 amide bonds. The van der Waals surface area contributed by atoms with E-state index >= 15 is 0 Å². The summed E-state index contributed by atoms with van der Waals surface area (Å²) >= 11 is 0. The predicted octanol–water partition coefficient (Wildman–Crippen LogP) is 3.70. The minimum Gasteiger partial charge on any atom is -0.491 e. The molecule has 0 fully saturated rings. The summed E-state index contributed by atoms with van der Waals surface area (Å²) in [7, 11) is 0. The minimum atomic E-state index is -0.489. The fourth-order valence-corrected chi connectivity index (χ4v) is 1.72. The molecule has 0 aliphatic rings. The van der Waals surface area contributed by atoms with Crippen molar-refractivity contribution in [1.82, 2.24) is 0 Å². The van der Waals surface area contributed by atoms with Gasteiger partial charge in [0.15, 0.2) is 0 Å². The van der Waals surface area contributed by atoms with Crippen LogP contribution in [0.3, 0.4) is 0 Å². The highest BCUT2D eigenvalue weighted by molar-refractivity contribution is 5.87. The van der Waals surface area contributed by atoms with Crippen molar-refractivity contribution in [3.8, 4) is 11.8 Å². The number of rotatable bonds is 12. The van der Waals surface area contributed by atoms with Crippen molar-refractivity contribution in [3.63, 3.8) is 0 Å². The predicted molar refractivity (Wildman–Crippen MR) is 110 cm³/mol. The second-order valence-corrected chi connectivity index (χ2v) is 5.36. The maximum absolute atomic E-state index is 11.4. The molecule has 1 rings (SSSR count). The van der Waals surface area contributed by atoms with E-state index in [1.807, 2.05) is 19.9 Å². The third-order valence-electron chi connectivity index (χ3n) is 3.06. The van der Waals surface area contributed by atoms with Crippen LogP contribution < -0.4 is 4.74 Å². The topological polar surface area (TPSA) is 94.8 Å². The number of nitrogens with zero attached hydrogens (tertiary/aromatic N) is 1. The number of hydrogen-bond donors (Lipinski definition) is 0. The zero-order valence-corrected chi connectivity index (χ0v) is 17.3. The van der Waals surface area contributed by atoms with Crippen molar-refractivity contribution in [2.75, 3.05) is 33.0 Å². The summed E-state index contributed by atoms with van der Waals surface area (Å²) < 4.78 is 20.5. The summed E-state index contributed by atoms with van der Waals surface area (Å²) in [6, 6.07) is 9.04. The van der Waals surface area contributed by atoms with Crippen LogP contribution in [0.15, 0.2) is 42.5 Å². The van der Waals surface area contributed by atoms with Gasteiger partial charge >= 0.3 is 11.9 Å². The van der Waals surface area contributed by atoms with Crippen LogP contribution in [0.1, 0.15) is 32.8 Å². The molecule has 1 aromatic rings. The van der Waals surface area contributed by atoms with E-state index in [9.17, 15) is 9.59 Å². The van der Waals surface area contributed by atoms with Crippen molar-refractivity contribution in [3.05, 3.63) is 48.1 Å². The lowest BCUT2D eigenvalue weighted by molar-refractivity contribution is -0.140. The Morgan fingerprint density at radius 1 is 1.03 bits per heavy atom. The highest BCUT2D eigenvalue weighted by atomic mass is 16.6. The quantitative estimate of drug-likeness (QED) is 0.298. The van der Waals surface area contributed by atoms with Gasteiger partial charge in [-0.25, -0.2) is 9.59 Å². The van der Waals surface area contributed by atoms with Crippen LogP contribution in [-0.2, 0) is 23.8 Å². The summed E-state index contributed by atoms with van der Waals surface area (Å²) in [4.78, 5) is 22.5. The second-order valence-electron chi connectivity index (χ2n) is 5.36. The van der Waals surface area contributed by atoms with Gasteiger partial charge in [0.1, 0.15) is 25.6 Å². The largest absolute Gasteiger partial charge is 0.491 e. The van der Waals surface area contributed by atoms with E-state index in [4.69, 9.17) is 24.2 Å². The Hall–Kier alpha value is -3.11. The smallest absolute Gasteiger partial charge is 0.333 e. The molecule has 0 aliphatic heterocycles. The number of benzene rings is 1. The second kappa shape index (κ2) is 17.0. The van der Waals surface area contributed by atoms with Gasteiger partial charge in [0.25, 0.3) is 0 Å². The highest BCUT2D eigenvalue weighted by Crippen LogP contribution is 2.13. The van der Waals surface area contributed by atoms with Crippen LogP contribution >= 0.6 is 0 Å².